The maximum atomic E-state index is 6.10. The predicted molar refractivity (Wildman–Crippen MR) is 71.3 cm³/mol. The van der Waals surface area contributed by atoms with Crippen LogP contribution in [0.4, 0.5) is 0 Å². The standard InChI is InChI=1S/C10H12Cl2N4S/c1-16-3-2-6(15-16)4-8(14-13)7-5-9(11)17-10(7)12/h2-3,5,8,14H,4,13H2,1H3. The molecule has 3 N–H and O–H groups in total. The number of halogens is 2. The number of thiophene rings is 1. The van der Waals surface area contributed by atoms with Gasteiger partial charge in [0.15, 0.2) is 0 Å². The number of hydrazine groups is 1. The van der Waals surface area contributed by atoms with E-state index in [4.69, 9.17) is 29.0 Å². The normalized spacial score (nSPS) is 12.9. The van der Waals surface area contributed by atoms with Crippen LogP contribution in [0.1, 0.15) is 17.3 Å². The van der Waals surface area contributed by atoms with Crippen molar-refractivity contribution in [2.24, 2.45) is 12.9 Å². The zero-order chi connectivity index (χ0) is 12.4. The summed E-state index contributed by atoms with van der Waals surface area (Å²) in [6.07, 6.45) is 2.56. The van der Waals surface area contributed by atoms with Crippen LogP contribution in [0, 0.1) is 0 Å². The lowest BCUT2D eigenvalue weighted by Gasteiger charge is -2.13. The third-order valence-corrected chi connectivity index (χ3v) is 3.96. The fraction of sp³-hybridized carbons (Fsp3) is 0.300. The summed E-state index contributed by atoms with van der Waals surface area (Å²) in [5.41, 5.74) is 4.61. The first kappa shape index (κ1) is 12.9. The summed E-state index contributed by atoms with van der Waals surface area (Å²) in [5.74, 6) is 5.56. The molecule has 17 heavy (non-hydrogen) atoms. The molecule has 0 fully saturated rings. The van der Waals surface area contributed by atoms with Crippen LogP contribution in [0.25, 0.3) is 0 Å². The Balaban J connectivity index is 2.19. The van der Waals surface area contributed by atoms with E-state index < -0.39 is 0 Å². The second-order valence-electron chi connectivity index (χ2n) is 3.68. The highest BCUT2D eigenvalue weighted by atomic mass is 35.5. The van der Waals surface area contributed by atoms with Crippen molar-refractivity contribution in [2.75, 3.05) is 0 Å². The molecular formula is C10H12Cl2N4S. The van der Waals surface area contributed by atoms with Gasteiger partial charge >= 0.3 is 0 Å². The van der Waals surface area contributed by atoms with E-state index in [-0.39, 0.29) is 6.04 Å². The molecule has 7 heteroatoms. The number of hydrogen-bond acceptors (Lipinski definition) is 4. The predicted octanol–water partition coefficient (Wildman–Crippen LogP) is 2.54. The fourth-order valence-corrected chi connectivity index (χ4v) is 3.21. The summed E-state index contributed by atoms with van der Waals surface area (Å²) in [7, 11) is 1.88. The molecule has 4 nitrogen and oxygen atoms in total. The quantitative estimate of drug-likeness (QED) is 0.672. The number of nitrogens with one attached hydrogen (secondary N) is 1. The Kier molecular flexibility index (Phi) is 4.06. The Bertz CT molecular complexity index is 508. The number of hydrogen-bond donors (Lipinski definition) is 2. The van der Waals surface area contributed by atoms with Crippen LogP contribution in [0.2, 0.25) is 8.67 Å². The Morgan fingerprint density at radius 2 is 2.35 bits per heavy atom. The van der Waals surface area contributed by atoms with Gasteiger partial charge in [0.25, 0.3) is 0 Å². The molecular weight excluding hydrogens is 279 g/mol. The van der Waals surface area contributed by atoms with Gasteiger partial charge in [-0.05, 0) is 12.1 Å². The van der Waals surface area contributed by atoms with E-state index in [2.05, 4.69) is 10.5 Å². The second-order valence-corrected chi connectivity index (χ2v) is 5.97. The number of nitrogens with two attached hydrogens (primary N) is 1. The summed E-state index contributed by atoms with van der Waals surface area (Å²) in [6.45, 7) is 0. The number of aromatic nitrogens is 2. The van der Waals surface area contributed by atoms with Crippen molar-refractivity contribution in [1.82, 2.24) is 15.2 Å². The van der Waals surface area contributed by atoms with Crippen molar-refractivity contribution in [3.05, 3.63) is 38.3 Å². The van der Waals surface area contributed by atoms with E-state index in [9.17, 15) is 0 Å². The third kappa shape index (κ3) is 3.00. The van der Waals surface area contributed by atoms with Gasteiger partial charge in [-0.15, -0.1) is 11.3 Å². The molecule has 2 rings (SSSR count). The van der Waals surface area contributed by atoms with Gasteiger partial charge in [0, 0.05) is 25.2 Å². The molecule has 0 spiro atoms. The third-order valence-electron chi connectivity index (χ3n) is 2.44. The molecule has 1 atom stereocenters. The minimum atomic E-state index is -0.0823. The molecule has 0 aliphatic heterocycles. The molecule has 0 aromatic carbocycles. The SMILES string of the molecule is Cn1ccc(CC(NN)c2cc(Cl)sc2Cl)n1. The average molecular weight is 291 g/mol. The topological polar surface area (TPSA) is 55.9 Å². The van der Waals surface area contributed by atoms with Gasteiger partial charge in [-0.3, -0.25) is 16.0 Å². The van der Waals surface area contributed by atoms with Crippen LogP contribution < -0.4 is 11.3 Å². The van der Waals surface area contributed by atoms with Crippen LogP contribution in [-0.2, 0) is 13.5 Å². The molecule has 0 aliphatic carbocycles. The van der Waals surface area contributed by atoms with Gasteiger partial charge < -0.3 is 0 Å². The number of aryl methyl sites for hydroxylation is 1. The van der Waals surface area contributed by atoms with Crippen molar-refractivity contribution in [2.45, 2.75) is 12.5 Å². The molecule has 1 unspecified atom stereocenters. The monoisotopic (exact) mass is 290 g/mol. The van der Waals surface area contributed by atoms with Crippen LogP contribution in [-0.4, -0.2) is 9.78 Å². The van der Waals surface area contributed by atoms with Gasteiger partial charge in [-0.25, -0.2) is 0 Å². The molecule has 0 aliphatic rings. The van der Waals surface area contributed by atoms with Gasteiger partial charge in [0.05, 0.1) is 20.4 Å². The summed E-state index contributed by atoms with van der Waals surface area (Å²) < 4.78 is 3.07. The van der Waals surface area contributed by atoms with E-state index in [1.807, 2.05) is 25.4 Å². The molecule has 92 valence electrons. The Morgan fingerprint density at radius 3 is 2.82 bits per heavy atom. The van der Waals surface area contributed by atoms with Crippen LogP contribution in [0.15, 0.2) is 18.3 Å². The number of rotatable bonds is 4. The highest BCUT2D eigenvalue weighted by Gasteiger charge is 2.17. The van der Waals surface area contributed by atoms with Crippen LogP contribution >= 0.6 is 34.5 Å². The molecule has 2 aromatic heterocycles. The molecule has 0 saturated heterocycles. The van der Waals surface area contributed by atoms with Gasteiger partial charge in [-0.2, -0.15) is 5.10 Å². The zero-order valence-corrected chi connectivity index (χ0v) is 11.5. The highest BCUT2D eigenvalue weighted by Crippen LogP contribution is 2.35. The van der Waals surface area contributed by atoms with Crippen LogP contribution in [0.3, 0.4) is 0 Å². The van der Waals surface area contributed by atoms with E-state index in [0.717, 1.165) is 11.3 Å². The molecule has 2 aromatic rings. The first-order valence-corrected chi connectivity index (χ1v) is 6.56. The van der Waals surface area contributed by atoms with E-state index in [1.165, 1.54) is 11.3 Å². The fourth-order valence-electron chi connectivity index (χ4n) is 1.63. The van der Waals surface area contributed by atoms with Crippen molar-refractivity contribution in [3.8, 4) is 0 Å². The lowest BCUT2D eigenvalue weighted by molar-refractivity contribution is 0.543. The first-order chi connectivity index (χ1) is 8.10. The Morgan fingerprint density at radius 1 is 1.59 bits per heavy atom. The van der Waals surface area contributed by atoms with Gasteiger partial charge in [0.1, 0.15) is 0 Å². The lowest BCUT2D eigenvalue weighted by atomic mass is 10.1. The minimum absolute atomic E-state index is 0.0823. The molecule has 0 amide bonds. The molecule has 0 bridgehead atoms. The van der Waals surface area contributed by atoms with E-state index in [0.29, 0.717) is 15.1 Å². The summed E-state index contributed by atoms with van der Waals surface area (Å²) in [5, 5.41) is 4.31. The summed E-state index contributed by atoms with van der Waals surface area (Å²) >= 11 is 13.4. The van der Waals surface area contributed by atoms with Gasteiger partial charge in [-0.1, -0.05) is 23.2 Å². The maximum absolute atomic E-state index is 6.10. The Labute approximate surface area is 113 Å². The average Bonchev–Trinajstić information content (AvgIpc) is 2.82. The maximum Gasteiger partial charge on any atom is 0.0992 e. The van der Waals surface area contributed by atoms with Crippen molar-refractivity contribution < 1.29 is 0 Å². The van der Waals surface area contributed by atoms with Crippen molar-refractivity contribution in [3.63, 3.8) is 0 Å². The molecule has 0 radical (unpaired) electrons. The number of nitrogens with zero attached hydrogens (tertiary/aromatic N) is 2. The van der Waals surface area contributed by atoms with Crippen LogP contribution in [0.5, 0.6) is 0 Å². The van der Waals surface area contributed by atoms with E-state index >= 15 is 0 Å². The highest BCUT2D eigenvalue weighted by molar-refractivity contribution is 7.20. The smallest absolute Gasteiger partial charge is 0.0992 e. The first-order valence-electron chi connectivity index (χ1n) is 4.99. The van der Waals surface area contributed by atoms with Crippen molar-refractivity contribution >= 4 is 34.5 Å². The summed E-state index contributed by atoms with van der Waals surface area (Å²) in [4.78, 5) is 0. The molecule has 0 saturated carbocycles. The minimum Gasteiger partial charge on any atom is -0.276 e. The van der Waals surface area contributed by atoms with Gasteiger partial charge in [0.2, 0.25) is 0 Å². The summed E-state index contributed by atoms with van der Waals surface area (Å²) in [6, 6.07) is 3.70. The Hall–Kier alpha value is -0.590. The largest absolute Gasteiger partial charge is 0.276 e. The molecule has 2 heterocycles. The van der Waals surface area contributed by atoms with E-state index in [1.54, 1.807) is 4.68 Å². The second kappa shape index (κ2) is 5.37. The van der Waals surface area contributed by atoms with Crippen molar-refractivity contribution in [1.29, 1.82) is 0 Å². The lowest BCUT2D eigenvalue weighted by Crippen LogP contribution is -2.29. The zero-order valence-electron chi connectivity index (χ0n) is 9.15.